The smallest absolute Gasteiger partial charge is 0.242 e. The number of nitrogens with zero attached hydrogens (tertiary/aromatic N) is 1. The zero-order chi connectivity index (χ0) is 13.9. The first-order valence-corrected chi connectivity index (χ1v) is 8.11. The van der Waals surface area contributed by atoms with Crippen molar-refractivity contribution in [3.05, 3.63) is 18.2 Å². The predicted octanol–water partition coefficient (Wildman–Crippen LogP) is 1.56. The van der Waals surface area contributed by atoms with Gasteiger partial charge in [0, 0.05) is 18.8 Å². The van der Waals surface area contributed by atoms with Crippen molar-refractivity contribution in [2.24, 2.45) is 0 Å². The van der Waals surface area contributed by atoms with Crippen molar-refractivity contribution in [3.63, 3.8) is 0 Å². The summed E-state index contributed by atoms with van der Waals surface area (Å²) in [7, 11) is -2.06. The average Bonchev–Trinajstić information content (AvgIpc) is 2.67. The number of anilines is 2. The average molecular weight is 283 g/mol. The van der Waals surface area contributed by atoms with Gasteiger partial charge in [0.05, 0.1) is 5.69 Å². The number of nitrogen functional groups attached to an aromatic ring is 1. The van der Waals surface area contributed by atoms with E-state index < -0.39 is 10.0 Å². The molecule has 0 unspecified atom stereocenters. The van der Waals surface area contributed by atoms with Crippen LogP contribution in [0.2, 0.25) is 0 Å². The first-order valence-electron chi connectivity index (χ1n) is 6.62. The van der Waals surface area contributed by atoms with Gasteiger partial charge in [0.25, 0.3) is 0 Å². The van der Waals surface area contributed by atoms with Gasteiger partial charge in [-0.1, -0.05) is 12.8 Å². The van der Waals surface area contributed by atoms with Crippen molar-refractivity contribution in [1.29, 1.82) is 0 Å². The van der Waals surface area contributed by atoms with E-state index in [2.05, 4.69) is 9.62 Å². The molecule has 1 fully saturated rings. The van der Waals surface area contributed by atoms with E-state index >= 15 is 0 Å². The lowest BCUT2D eigenvalue weighted by Crippen LogP contribution is -2.28. The highest BCUT2D eigenvalue weighted by Crippen LogP contribution is 2.29. The van der Waals surface area contributed by atoms with Crippen LogP contribution in [0.25, 0.3) is 0 Å². The van der Waals surface area contributed by atoms with Crippen molar-refractivity contribution in [2.75, 3.05) is 30.8 Å². The first-order chi connectivity index (χ1) is 9.04. The molecule has 1 saturated heterocycles. The van der Waals surface area contributed by atoms with Gasteiger partial charge in [-0.25, -0.2) is 13.1 Å². The summed E-state index contributed by atoms with van der Waals surface area (Å²) in [6, 6.07) is 5.10. The number of rotatable bonds is 3. The summed E-state index contributed by atoms with van der Waals surface area (Å²) in [5, 5.41) is 0. The highest BCUT2D eigenvalue weighted by molar-refractivity contribution is 7.89. The lowest BCUT2D eigenvalue weighted by atomic mass is 10.2. The number of hydrogen-bond donors (Lipinski definition) is 2. The minimum atomic E-state index is -3.48. The predicted molar refractivity (Wildman–Crippen MR) is 77.8 cm³/mol. The van der Waals surface area contributed by atoms with Gasteiger partial charge < -0.3 is 10.6 Å². The second-order valence-corrected chi connectivity index (χ2v) is 6.69. The van der Waals surface area contributed by atoms with Crippen LogP contribution in [0, 0.1) is 0 Å². The Morgan fingerprint density at radius 3 is 2.37 bits per heavy atom. The Hall–Kier alpha value is -1.27. The van der Waals surface area contributed by atoms with Gasteiger partial charge in [0.15, 0.2) is 0 Å². The zero-order valence-electron chi connectivity index (χ0n) is 11.2. The van der Waals surface area contributed by atoms with Crippen LogP contribution in [0.5, 0.6) is 0 Å². The summed E-state index contributed by atoms with van der Waals surface area (Å²) < 4.78 is 26.6. The maximum absolute atomic E-state index is 12.1. The largest absolute Gasteiger partial charge is 0.399 e. The minimum absolute atomic E-state index is 0.275. The van der Waals surface area contributed by atoms with Gasteiger partial charge in [-0.3, -0.25) is 0 Å². The van der Waals surface area contributed by atoms with Gasteiger partial charge >= 0.3 is 0 Å². The van der Waals surface area contributed by atoms with Crippen LogP contribution in [-0.2, 0) is 10.0 Å². The quantitative estimate of drug-likeness (QED) is 0.825. The Balaban J connectivity index is 2.44. The lowest BCUT2D eigenvalue weighted by Gasteiger charge is -2.25. The molecule has 3 N–H and O–H groups in total. The highest BCUT2D eigenvalue weighted by Gasteiger charge is 2.21. The summed E-state index contributed by atoms with van der Waals surface area (Å²) in [6.07, 6.45) is 4.62. The second-order valence-electron chi connectivity index (χ2n) is 4.84. The Morgan fingerprint density at radius 2 is 1.79 bits per heavy atom. The molecule has 6 heteroatoms. The molecule has 0 bridgehead atoms. The summed E-state index contributed by atoms with van der Waals surface area (Å²) in [5.41, 5.74) is 6.95. The molecule has 2 rings (SSSR count). The third-order valence-corrected chi connectivity index (χ3v) is 4.93. The molecule has 1 heterocycles. The molecule has 1 aliphatic rings. The lowest BCUT2D eigenvalue weighted by molar-refractivity contribution is 0.587. The molecule has 0 radical (unpaired) electrons. The monoisotopic (exact) mass is 283 g/mol. The van der Waals surface area contributed by atoms with E-state index in [0.717, 1.165) is 31.6 Å². The van der Waals surface area contributed by atoms with Crippen LogP contribution < -0.4 is 15.4 Å². The standard InChI is InChI=1S/C13H21N3O2S/c1-15-19(17,18)13-10-11(14)6-7-12(13)16-8-4-2-3-5-9-16/h6-7,10,15H,2-5,8-9,14H2,1H3. The molecule has 5 nitrogen and oxygen atoms in total. The third kappa shape index (κ3) is 3.19. The third-order valence-electron chi connectivity index (χ3n) is 3.49. The van der Waals surface area contributed by atoms with Crippen molar-refractivity contribution in [1.82, 2.24) is 4.72 Å². The van der Waals surface area contributed by atoms with E-state index in [-0.39, 0.29) is 4.90 Å². The fourth-order valence-corrected chi connectivity index (χ4v) is 3.41. The molecule has 106 valence electrons. The Kier molecular flexibility index (Phi) is 4.31. The van der Waals surface area contributed by atoms with E-state index in [9.17, 15) is 8.42 Å². The Morgan fingerprint density at radius 1 is 1.16 bits per heavy atom. The number of sulfonamides is 1. The van der Waals surface area contributed by atoms with Gasteiger partial charge in [0.2, 0.25) is 10.0 Å². The summed E-state index contributed by atoms with van der Waals surface area (Å²) in [6.45, 7) is 1.80. The molecule has 19 heavy (non-hydrogen) atoms. The van der Waals surface area contributed by atoms with E-state index in [0.29, 0.717) is 5.69 Å². The van der Waals surface area contributed by atoms with Crippen LogP contribution in [0.1, 0.15) is 25.7 Å². The minimum Gasteiger partial charge on any atom is -0.399 e. The van der Waals surface area contributed by atoms with Gasteiger partial charge in [-0.15, -0.1) is 0 Å². The molecule has 0 saturated carbocycles. The molecular weight excluding hydrogens is 262 g/mol. The summed E-state index contributed by atoms with van der Waals surface area (Å²) in [4.78, 5) is 2.42. The molecule has 1 aromatic carbocycles. The molecule has 1 aromatic rings. The van der Waals surface area contributed by atoms with Gasteiger partial charge in [-0.05, 0) is 38.1 Å². The molecule has 1 aliphatic heterocycles. The molecule has 0 spiro atoms. The molecule has 0 aliphatic carbocycles. The number of nitrogens with two attached hydrogens (primary N) is 1. The van der Waals surface area contributed by atoms with Crippen LogP contribution in [-0.4, -0.2) is 28.6 Å². The van der Waals surface area contributed by atoms with Crippen LogP contribution in [0.15, 0.2) is 23.1 Å². The molecule has 0 aromatic heterocycles. The van der Waals surface area contributed by atoms with Crippen molar-refractivity contribution < 1.29 is 8.42 Å². The molecule has 0 atom stereocenters. The SMILES string of the molecule is CNS(=O)(=O)c1cc(N)ccc1N1CCCCCC1. The van der Waals surface area contributed by atoms with Crippen LogP contribution in [0.4, 0.5) is 11.4 Å². The van der Waals surface area contributed by atoms with Crippen LogP contribution >= 0.6 is 0 Å². The van der Waals surface area contributed by atoms with Gasteiger partial charge in [0.1, 0.15) is 4.90 Å². The van der Waals surface area contributed by atoms with Crippen molar-refractivity contribution in [2.45, 2.75) is 30.6 Å². The normalized spacial score (nSPS) is 17.2. The van der Waals surface area contributed by atoms with Crippen molar-refractivity contribution >= 4 is 21.4 Å². The Bertz CT molecular complexity index is 535. The number of benzene rings is 1. The van der Waals surface area contributed by atoms with E-state index in [1.54, 1.807) is 6.07 Å². The topological polar surface area (TPSA) is 75.4 Å². The maximum Gasteiger partial charge on any atom is 0.242 e. The first kappa shape index (κ1) is 14.1. The van der Waals surface area contributed by atoms with E-state index in [4.69, 9.17) is 5.73 Å². The van der Waals surface area contributed by atoms with Crippen LogP contribution in [0.3, 0.4) is 0 Å². The van der Waals surface area contributed by atoms with E-state index in [1.807, 2.05) is 6.07 Å². The fraction of sp³-hybridized carbons (Fsp3) is 0.538. The number of hydrogen-bond acceptors (Lipinski definition) is 4. The van der Waals surface area contributed by atoms with Crippen molar-refractivity contribution in [3.8, 4) is 0 Å². The van der Waals surface area contributed by atoms with Gasteiger partial charge in [-0.2, -0.15) is 0 Å². The summed E-state index contributed by atoms with van der Waals surface area (Å²) in [5.74, 6) is 0. The fourth-order valence-electron chi connectivity index (χ4n) is 2.43. The summed E-state index contributed by atoms with van der Waals surface area (Å²) >= 11 is 0. The van der Waals surface area contributed by atoms with E-state index in [1.165, 1.54) is 26.0 Å². The highest BCUT2D eigenvalue weighted by atomic mass is 32.2. The number of nitrogens with one attached hydrogen (secondary N) is 1. The Labute approximate surface area is 114 Å². The zero-order valence-corrected chi connectivity index (χ0v) is 12.0. The second kappa shape index (κ2) is 5.79. The maximum atomic E-state index is 12.1. The molecular formula is C13H21N3O2S. The molecule has 0 amide bonds.